The maximum atomic E-state index is 9.48. The van der Waals surface area contributed by atoms with Gasteiger partial charge in [-0.25, -0.2) is 15.0 Å². The number of hydrogen-bond donors (Lipinski definition) is 0. The molecule has 0 aliphatic carbocycles. The molecule has 8 aromatic carbocycles. The van der Waals surface area contributed by atoms with Crippen LogP contribution in [0.25, 0.3) is 95.0 Å². The Morgan fingerprint density at radius 1 is 0.364 bits per heavy atom. The zero-order valence-electron chi connectivity index (χ0n) is 44.7. The molecule has 0 spiro atoms. The van der Waals surface area contributed by atoms with Crippen LogP contribution in [0.15, 0.2) is 206 Å². The van der Waals surface area contributed by atoms with Crippen LogP contribution in [0.2, 0.25) is 0 Å². The molecular weight excluding hydrogens is 669 g/mol. The van der Waals surface area contributed by atoms with E-state index in [4.69, 9.17) is 27.3 Å². The van der Waals surface area contributed by atoms with Gasteiger partial charge in [0.1, 0.15) is 0 Å². The Labute approximate surface area is 342 Å². The van der Waals surface area contributed by atoms with E-state index in [1.165, 1.54) is 0 Å². The van der Waals surface area contributed by atoms with Gasteiger partial charge in [-0.05, 0) is 52.0 Å². The highest BCUT2D eigenvalue weighted by Crippen LogP contribution is 2.39. The number of benzene rings is 8. The molecule has 10 aromatic rings. The van der Waals surface area contributed by atoms with Crippen molar-refractivity contribution in [1.82, 2.24) is 19.5 Å². The lowest BCUT2D eigenvalue weighted by Crippen LogP contribution is -2.00. The largest absolute Gasteiger partial charge is 0.309 e. The zero-order valence-corrected chi connectivity index (χ0v) is 28.7. The molecule has 0 N–H and O–H groups in total. The van der Waals surface area contributed by atoms with E-state index >= 15 is 0 Å². The minimum Gasteiger partial charge on any atom is -0.309 e. The lowest BCUT2D eigenvalue weighted by atomic mass is 9.99. The number of nitrogens with zero attached hydrogens (tertiary/aromatic N) is 4. The molecule has 0 saturated heterocycles. The molecule has 0 aliphatic heterocycles. The Balaban J connectivity index is 1.26. The predicted octanol–water partition coefficient (Wildman–Crippen LogP) is 13.0. The maximum absolute atomic E-state index is 9.48. The number of aromatic nitrogens is 4. The second-order valence-corrected chi connectivity index (χ2v) is 12.5. The van der Waals surface area contributed by atoms with Crippen LogP contribution in [0.3, 0.4) is 0 Å². The number of fused-ring (bicyclic) bond motifs is 3. The third-order valence-corrected chi connectivity index (χ3v) is 9.13. The van der Waals surface area contributed by atoms with Crippen molar-refractivity contribution in [2.75, 3.05) is 0 Å². The van der Waals surface area contributed by atoms with E-state index in [1.54, 1.807) is 24.3 Å². The molecule has 0 amide bonds. The Bertz CT molecular complexity index is 3820. The Hall–Kier alpha value is -7.43. The highest BCUT2D eigenvalue weighted by atomic mass is 15.0. The summed E-state index contributed by atoms with van der Waals surface area (Å²) in [5.74, 6) is 0.891. The summed E-state index contributed by atoms with van der Waals surface area (Å²) in [4.78, 5) is 14.6. The van der Waals surface area contributed by atoms with Crippen molar-refractivity contribution < 1.29 is 21.9 Å². The van der Waals surface area contributed by atoms with Gasteiger partial charge in [-0.3, -0.25) is 0 Å². The Morgan fingerprint density at radius 3 is 1.62 bits per heavy atom. The molecule has 0 radical (unpaired) electrons. The fourth-order valence-electron chi connectivity index (χ4n) is 6.53. The standard InChI is InChI=1S/C51H34N4/c1-4-14-35(15-5-1)37-26-28-40(29-27-37)50-52-49(39-18-8-3-9-19-39)53-51(54-50)42-21-12-20-41(34-42)44-23-13-24-46-45-22-10-11-25-47(45)55(48(44)46)43-32-30-38(31-33-43)36-16-6-2-7-17-36/h1-34H/i2D,6D,7D,10D,11D,13D,16D,17D,22D,23D,24D,25D,30D,31D,32D,33D. The molecule has 0 bridgehead atoms. The average Bonchev–Trinajstić information content (AvgIpc) is 3.74. The molecule has 0 aliphatic rings. The minimum absolute atomic E-state index is 0.114. The lowest BCUT2D eigenvalue weighted by molar-refractivity contribution is 1.07. The molecule has 258 valence electrons. The summed E-state index contributed by atoms with van der Waals surface area (Å²) in [6.07, 6.45) is 0. The second kappa shape index (κ2) is 13.8. The van der Waals surface area contributed by atoms with Gasteiger partial charge in [0, 0.05) is 38.7 Å². The van der Waals surface area contributed by atoms with Crippen LogP contribution >= 0.6 is 0 Å². The first-order chi connectivity index (χ1) is 33.9. The average molecular weight is 719 g/mol. The molecule has 0 unspecified atom stereocenters. The summed E-state index contributed by atoms with van der Waals surface area (Å²) >= 11 is 0. The molecule has 4 heteroatoms. The van der Waals surface area contributed by atoms with Gasteiger partial charge in [0.25, 0.3) is 0 Å². The third-order valence-electron chi connectivity index (χ3n) is 9.13. The number of hydrogen-bond acceptors (Lipinski definition) is 3. The maximum Gasteiger partial charge on any atom is 0.164 e. The molecule has 55 heavy (non-hydrogen) atoms. The van der Waals surface area contributed by atoms with Gasteiger partial charge in [-0.2, -0.15) is 0 Å². The monoisotopic (exact) mass is 718 g/mol. The molecule has 2 heterocycles. The van der Waals surface area contributed by atoms with Gasteiger partial charge in [-0.1, -0.05) is 182 Å². The van der Waals surface area contributed by atoms with Crippen LogP contribution in [0.4, 0.5) is 0 Å². The normalized spacial score (nSPS) is 15.3. The molecule has 10 rings (SSSR count). The molecule has 0 fully saturated rings. The summed E-state index contributed by atoms with van der Waals surface area (Å²) in [5, 5.41) is -0.533. The first-order valence-corrected chi connectivity index (χ1v) is 17.2. The highest BCUT2D eigenvalue weighted by Gasteiger charge is 2.18. The van der Waals surface area contributed by atoms with E-state index in [9.17, 15) is 9.60 Å². The van der Waals surface area contributed by atoms with Crippen LogP contribution < -0.4 is 0 Å². The van der Waals surface area contributed by atoms with Crippen LogP contribution in [0.5, 0.6) is 0 Å². The fraction of sp³-hybridized carbons (Fsp3) is 0. The number of para-hydroxylation sites is 2. The highest BCUT2D eigenvalue weighted by molar-refractivity contribution is 6.13. The topological polar surface area (TPSA) is 43.6 Å². The Kier molecular flexibility index (Phi) is 4.93. The van der Waals surface area contributed by atoms with Crippen molar-refractivity contribution in [1.29, 1.82) is 0 Å². The van der Waals surface area contributed by atoms with Crippen LogP contribution in [-0.4, -0.2) is 19.5 Å². The first-order valence-electron chi connectivity index (χ1n) is 25.2. The molecule has 0 saturated carbocycles. The van der Waals surface area contributed by atoms with Crippen LogP contribution in [0, 0.1) is 0 Å². The van der Waals surface area contributed by atoms with E-state index in [0.29, 0.717) is 28.3 Å². The predicted molar refractivity (Wildman–Crippen MR) is 227 cm³/mol. The SMILES string of the molecule is [2H]c1c([2H])c([2H])c(-c2c([2H])c([2H])c(-n3c4c([2H])c([2H])c([2H])c([2H])c4c4c([2H])c([2H])c([2H])c(-c5cccc(-c6nc(-c7ccccc7)nc(-c7ccc(-c8ccccc8)cc7)n6)c5)c43)c([2H])c2[2H])c([2H])c1[2H]. The second-order valence-electron chi connectivity index (χ2n) is 12.5. The fourth-order valence-corrected chi connectivity index (χ4v) is 6.53. The van der Waals surface area contributed by atoms with Gasteiger partial charge < -0.3 is 4.57 Å². The van der Waals surface area contributed by atoms with E-state index in [2.05, 4.69) is 0 Å². The van der Waals surface area contributed by atoms with Gasteiger partial charge in [0.2, 0.25) is 0 Å². The molecule has 0 atom stereocenters. The zero-order chi connectivity index (χ0) is 50.5. The molecule has 2 aromatic heterocycles. The van der Waals surface area contributed by atoms with Crippen molar-refractivity contribution in [3.63, 3.8) is 0 Å². The van der Waals surface area contributed by atoms with Gasteiger partial charge in [-0.15, -0.1) is 0 Å². The minimum atomic E-state index is -0.845. The van der Waals surface area contributed by atoms with Crippen molar-refractivity contribution >= 4 is 21.8 Å². The summed E-state index contributed by atoms with van der Waals surface area (Å²) in [5.41, 5.74) is 1.46. The summed E-state index contributed by atoms with van der Waals surface area (Å²) in [6, 6.07) is 21.7. The molecule has 4 nitrogen and oxygen atoms in total. The van der Waals surface area contributed by atoms with Crippen molar-refractivity contribution in [3.05, 3.63) is 206 Å². The van der Waals surface area contributed by atoms with E-state index in [0.717, 1.165) is 15.7 Å². The van der Waals surface area contributed by atoms with Crippen molar-refractivity contribution in [3.8, 4) is 73.2 Å². The lowest BCUT2D eigenvalue weighted by Gasteiger charge is -2.13. The van der Waals surface area contributed by atoms with E-state index in [-0.39, 0.29) is 38.8 Å². The summed E-state index contributed by atoms with van der Waals surface area (Å²) in [7, 11) is 0. The van der Waals surface area contributed by atoms with E-state index in [1.807, 2.05) is 84.9 Å². The smallest absolute Gasteiger partial charge is 0.164 e. The van der Waals surface area contributed by atoms with Gasteiger partial charge in [0.05, 0.1) is 33.0 Å². The quantitative estimate of drug-likeness (QED) is 0.165. The van der Waals surface area contributed by atoms with Crippen LogP contribution in [0.1, 0.15) is 21.9 Å². The third kappa shape index (κ3) is 6.06. The molecular formula is C51H34N4. The summed E-state index contributed by atoms with van der Waals surface area (Å²) < 4.78 is 144. The summed E-state index contributed by atoms with van der Waals surface area (Å²) in [6.45, 7) is 0. The van der Waals surface area contributed by atoms with Crippen molar-refractivity contribution in [2.24, 2.45) is 0 Å². The van der Waals surface area contributed by atoms with Crippen LogP contribution in [-0.2, 0) is 0 Å². The van der Waals surface area contributed by atoms with E-state index < -0.39 is 113 Å². The first kappa shape index (κ1) is 19.6. The van der Waals surface area contributed by atoms with Gasteiger partial charge in [0.15, 0.2) is 17.5 Å². The van der Waals surface area contributed by atoms with Gasteiger partial charge >= 0.3 is 0 Å². The van der Waals surface area contributed by atoms with Crippen molar-refractivity contribution in [2.45, 2.75) is 0 Å². The number of rotatable bonds is 7. The Morgan fingerprint density at radius 2 is 0.891 bits per heavy atom.